The maximum absolute atomic E-state index is 12.9. The van der Waals surface area contributed by atoms with Crippen molar-refractivity contribution in [2.45, 2.75) is 18.9 Å². The van der Waals surface area contributed by atoms with Crippen molar-refractivity contribution in [1.29, 1.82) is 0 Å². The Labute approximate surface area is 170 Å². The summed E-state index contributed by atoms with van der Waals surface area (Å²) >= 11 is 6.07. The molecule has 1 heterocycles. The average Bonchev–Trinajstić information content (AvgIpc) is 3.21. The SMILES string of the molecule is COc1ccc(C2CCCN2C(=O)C=Cc2cc(Cl)ccc2OC)c(OC)c1. The predicted octanol–water partition coefficient (Wildman–Crippen LogP) is 4.74. The van der Waals surface area contributed by atoms with Crippen LogP contribution in [0, 0.1) is 0 Å². The Morgan fingerprint density at radius 1 is 1.07 bits per heavy atom. The van der Waals surface area contributed by atoms with E-state index in [0.29, 0.717) is 17.3 Å². The highest BCUT2D eigenvalue weighted by Gasteiger charge is 2.31. The lowest BCUT2D eigenvalue weighted by atomic mass is 10.0. The van der Waals surface area contributed by atoms with Crippen LogP contribution in [0.2, 0.25) is 5.02 Å². The lowest BCUT2D eigenvalue weighted by Gasteiger charge is -2.25. The number of amides is 1. The third-order valence-corrected chi connectivity index (χ3v) is 5.17. The van der Waals surface area contributed by atoms with Crippen molar-refractivity contribution in [3.8, 4) is 17.2 Å². The van der Waals surface area contributed by atoms with Crippen LogP contribution in [0.5, 0.6) is 17.2 Å². The fourth-order valence-corrected chi connectivity index (χ4v) is 3.72. The van der Waals surface area contributed by atoms with E-state index in [0.717, 1.165) is 35.5 Å². The third-order valence-electron chi connectivity index (χ3n) is 4.93. The van der Waals surface area contributed by atoms with Crippen LogP contribution in [0.25, 0.3) is 6.08 Å². The molecule has 1 amide bonds. The van der Waals surface area contributed by atoms with E-state index in [1.54, 1.807) is 51.7 Å². The van der Waals surface area contributed by atoms with Gasteiger partial charge in [0.1, 0.15) is 17.2 Å². The van der Waals surface area contributed by atoms with Gasteiger partial charge >= 0.3 is 0 Å². The van der Waals surface area contributed by atoms with Crippen LogP contribution in [0.4, 0.5) is 0 Å². The third kappa shape index (κ3) is 4.25. The molecule has 148 valence electrons. The highest BCUT2D eigenvalue weighted by Crippen LogP contribution is 2.39. The number of likely N-dealkylation sites (tertiary alicyclic amines) is 1. The van der Waals surface area contributed by atoms with Gasteiger partial charge < -0.3 is 19.1 Å². The van der Waals surface area contributed by atoms with E-state index in [-0.39, 0.29) is 11.9 Å². The van der Waals surface area contributed by atoms with Gasteiger partial charge in [-0.3, -0.25) is 4.79 Å². The molecule has 0 spiro atoms. The highest BCUT2D eigenvalue weighted by atomic mass is 35.5. The van der Waals surface area contributed by atoms with Gasteiger partial charge in [0.05, 0.1) is 27.4 Å². The quantitative estimate of drug-likeness (QED) is 0.656. The molecule has 1 aliphatic heterocycles. The van der Waals surface area contributed by atoms with Gasteiger partial charge in [-0.15, -0.1) is 0 Å². The van der Waals surface area contributed by atoms with E-state index >= 15 is 0 Å². The summed E-state index contributed by atoms with van der Waals surface area (Å²) in [6, 6.07) is 11.0. The first kappa shape index (κ1) is 20.1. The molecule has 28 heavy (non-hydrogen) atoms. The molecule has 1 atom stereocenters. The Morgan fingerprint density at radius 2 is 1.86 bits per heavy atom. The van der Waals surface area contributed by atoms with Gasteiger partial charge in [0, 0.05) is 34.8 Å². The molecule has 1 saturated heterocycles. The van der Waals surface area contributed by atoms with Crippen LogP contribution in [0.1, 0.15) is 30.0 Å². The summed E-state index contributed by atoms with van der Waals surface area (Å²) in [5, 5.41) is 0.593. The molecule has 0 bridgehead atoms. The van der Waals surface area contributed by atoms with Gasteiger partial charge in [-0.1, -0.05) is 11.6 Å². The average molecular weight is 402 g/mol. The topological polar surface area (TPSA) is 48.0 Å². The molecule has 2 aromatic rings. The Bertz CT molecular complexity index is 881. The smallest absolute Gasteiger partial charge is 0.247 e. The van der Waals surface area contributed by atoms with Gasteiger partial charge in [-0.2, -0.15) is 0 Å². The summed E-state index contributed by atoms with van der Waals surface area (Å²) in [5.41, 5.74) is 1.75. The molecular weight excluding hydrogens is 378 g/mol. The second-order valence-electron chi connectivity index (χ2n) is 6.52. The molecule has 0 aromatic heterocycles. The number of hydrogen-bond acceptors (Lipinski definition) is 4. The fraction of sp³-hybridized carbons (Fsp3) is 0.318. The van der Waals surface area contributed by atoms with E-state index in [9.17, 15) is 4.79 Å². The van der Waals surface area contributed by atoms with E-state index in [1.165, 1.54) is 0 Å². The number of rotatable bonds is 6. The van der Waals surface area contributed by atoms with Crippen molar-refractivity contribution in [3.05, 3.63) is 58.6 Å². The normalized spacial score (nSPS) is 16.4. The number of ether oxygens (including phenoxy) is 3. The van der Waals surface area contributed by atoms with Crippen molar-refractivity contribution in [3.63, 3.8) is 0 Å². The van der Waals surface area contributed by atoms with Crippen molar-refractivity contribution >= 4 is 23.6 Å². The molecule has 6 heteroatoms. The first-order chi connectivity index (χ1) is 13.6. The molecule has 2 aromatic carbocycles. The zero-order valence-corrected chi connectivity index (χ0v) is 17.0. The second kappa shape index (κ2) is 9.02. The minimum atomic E-state index is -0.0533. The monoisotopic (exact) mass is 401 g/mol. The molecule has 1 aliphatic rings. The van der Waals surface area contributed by atoms with Crippen LogP contribution in [-0.2, 0) is 4.79 Å². The fourth-order valence-electron chi connectivity index (χ4n) is 3.54. The van der Waals surface area contributed by atoms with E-state index < -0.39 is 0 Å². The van der Waals surface area contributed by atoms with Crippen molar-refractivity contribution in [2.24, 2.45) is 0 Å². The minimum Gasteiger partial charge on any atom is -0.497 e. The largest absolute Gasteiger partial charge is 0.497 e. The number of methoxy groups -OCH3 is 3. The first-order valence-electron chi connectivity index (χ1n) is 9.11. The Kier molecular flexibility index (Phi) is 6.47. The zero-order chi connectivity index (χ0) is 20.1. The molecule has 0 aliphatic carbocycles. The summed E-state index contributed by atoms with van der Waals surface area (Å²) in [7, 11) is 4.84. The molecule has 0 N–H and O–H groups in total. The van der Waals surface area contributed by atoms with Crippen molar-refractivity contribution in [1.82, 2.24) is 4.90 Å². The van der Waals surface area contributed by atoms with E-state index in [1.807, 2.05) is 23.1 Å². The number of hydrogen-bond donors (Lipinski definition) is 0. The number of carbonyl (C=O) groups excluding carboxylic acids is 1. The Hall–Kier alpha value is -2.66. The molecule has 1 unspecified atom stereocenters. The number of halogens is 1. The lowest BCUT2D eigenvalue weighted by Crippen LogP contribution is -2.29. The van der Waals surface area contributed by atoms with Gasteiger partial charge in [0.15, 0.2) is 0 Å². The van der Waals surface area contributed by atoms with E-state index in [4.69, 9.17) is 25.8 Å². The molecule has 1 fully saturated rings. The van der Waals surface area contributed by atoms with Gasteiger partial charge in [0.25, 0.3) is 0 Å². The van der Waals surface area contributed by atoms with Crippen LogP contribution in [-0.4, -0.2) is 38.7 Å². The highest BCUT2D eigenvalue weighted by molar-refractivity contribution is 6.30. The van der Waals surface area contributed by atoms with Crippen molar-refractivity contribution < 1.29 is 19.0 Å². The summed E-state index contributed by atoms with van der Waals surface area (Å²) < 4.78 is 16.1. The first-order valence-corrected chi connectivity index (χ1v) is 9.49. The Balaban J connectivity index is 1.83. The second-order valence-corrected chi connectivity index (χ2v) is 6.95. The van der Waals surface area contributed by atoms with Crippen LogP contribution in [0.15, 0.2) is 42.5 Å². The molecule has 0 saturated carbocycles. The standard InChI is InChI=1S/C22H24ClNO4/c1-26-17-8-9-18(21(14-17)28-3)19-5-4-12-24(19)22(25)11-6-15-13-16(23)7-10-20(15)27-2/h6-11,13-14,19H,4-5,12H2,1-3H3. The number of carbonyl (C=O) groups is 1. The molecule has 3 rings (SSSR count). The molecular formula is C22H24ClNO4. The summed E-state index contributed by atoms with van der Waals surface area (Å²) in [5.74, 6) is 2.07. The number of benzene rings is 2. The summed E-state index contributed by atoms with van der Waals surface area (Å²) in [6.07, 6.45) is 5.15. The Morgan fingerprint density at radius 3 is 2.57 bits per heavy atom. The van der Waals surface area contributed by atoms with Gasteiger partial charge in [-0.05, 0) is 49.2 Å². The maximum Gasteiger partial charge on any atom is 0.247 e. The minimum absolute atomic E-state index is 0.0285. The van der Waals surface area contributed by atoms with Gasteiger partial charge in [-0.25, -0.2) is 0 Å². The molecule has 5 nitrogen and oxygen atoms in total. The molecule has 0 radical (unpaired) electrons. The zero-order valence-electron chi connectivity index (χ0n) is 16.3. The lowest BCUT2D eigenvalue weighted by molar-refractivity contribution is -0.126. The summed E-state index contributed by atoms with van der Waals surface area (Å²) in [4.78, 5) is 14.8. The van der Waals surface area contributed by atoms with Crippen molar-refractivity contribution in [2.75, 3.05) is 27.9 Å². The van der Waals surface area contributed by atoms with Crippen LogP contribution >= 0.6 is 11.6 Å². The number of nitrogens with zero attached hydrogens (tertiary/aromatic N) is 1. The maximum atomic E-state index is 12.9. The van der Waals surface area contributed by atoms with E-state index in [2.05, 4.69) is 0 Å². The van der Waals surface area contributed by atoms with Gasteiger partial charge in [0.2, 0.25) is 5.91 Å². The summed E-state index contributed by atoms with van der Waals surface area (Å²) in [6.45, 7) is 0.704. The predicted molar refractivity (Wildman–Crippen MR) is 110 cm³/mol. The van der Waals surface area contributed by atoms with Crippen LogP contribution in [0.3, 0.4) is 0 Å². The van der Waals surface area contributed by atoms with Crippen LogP contribution < -0.4 is 14.2 Å².